The predicted molar refractivity (Wildman–Crippen MR) is 99.5 cm³/mol. The van der Waals surface area contributed by atoms with Gasteiger partial charge < -0.3 is 9.42 Å². The molecule has 2 heterocycles. The highest BCUT2D eigenvalue weighted by atomic mass is 16.5. The van der Waals surface area contributed by atoms with Crippen molar-refractivity contribution in [3.63, 3.8) is 0 Å². The first kappa shape index (κ1) is 16.5. The predicted octanol–water partition coefficient (Wildman–Crippen LogP) is 4.28. The number of nitrogens with zero attached hydrogens (tertiary/aromatic N) is 3. The van der Waals surface area contributed by atoms with E-state index in [1.165, 1.54) is 6.42 Å². The minimum absolute atomic E-state index is 0.0339. The van der Waals surface area contributed by atoms with Crippen molar-refractivity contribution in [3.05, 3.63) is 60.2 Å². The highest BCUT2D eigenvalue weighted by Crippen LogP contribution is 2.27. The van der Waals surface area contributed by atoms with Crippen molar-refractivity contribution < 1.29 is 9.32 Å². The van der Waals surface area contributed by atoms with Gasteiger partial charge in [-0.25, -0.2) is 0 Å². The highest BCUT2D eigenvalue weighted by Gasteiger charge is 2.25. The summed E-state index contributed by atoms with van der Waals surface area (Å²) in [4.78, 5) is 19.5. The third-order valence-electron chi connectivity index (χ3n) is 4.79. The van der Waals surface area contributed by atoms with Gasteiger partial charge in [0.15, 0.2) is 0 Å². The van der Waals surface area contributed by atoms with Crippen LogP contribution in [0.3, 0.4) is 0 Å². The first-order chi connectivity index (χ1) is 12.7. The molecule has 1 aliphatic heterocycles. The maximum Gasteiger partial charge on any atom is 0.259 e. The lowest BCUT2D eigenvalue weighted by atomic mass is 9.98. The average molecular weight is 347 g/mol. The van der Waals surface area contributed by atoms with E-state index in [4.69, 9.17) is 4.52 Å². The van der Waals surface area contributed by atoms with E-state index in [0.29, 0.717) is 28.8 Å². The molecule has 1 aromatic heterocycles. The Morgan fingerprint density at radius 2 is 1.88 bits per heavy atom. The third kappa shape index (κ3) is 3.25. The Morgan fingerprint density at radius 1 is 1.12 bits per heavy atom. The van der Waals surface area contributed by atoms with Crippen molar-refractivity contribution in [3.8, 4) is 22.8 Å². The summed E-state index contributed by atoms with van der Waals surface area (Å²) in [6.07, 6.45) is 2.23. The van der Waals surface area contributed by atoms with Crippen LogP contribution in [0.15, 0.2) is 59.1 Å². The summed E-state index contributed by atoms with van der Waals surface area (Å²) in [6, 6.07) is 17.1. The molecule has 0 N–H and O–H groups in total. The molecule has 5 nitrogen and oxygen atoms in total. The van der Waals surface area contributed by atoms with Gasteiger partial charge in [-0.3, -0.25) is 4.79 Å². The molecule has 132 valence electrons. The van der Waals surface area contributed by atoms with Crippen LogP contribution in [0.5, 0.6) is 0 Å². The van der Waals surface area contributed by atoms with Crippen molar-refractivity contribution in [2.45, 2.75) is 19.8 Å². The molecule has 0 saturated carbocycles. The number of amides is 1. The normalized spacial score (nSPS) is 17.3. The molecule has 0 radical (unpaired) electrons. The van der Waals surface area contributed by atoms with E-state index in [2.05, 4.69) is 17.1 Å². The molecule has 1 saturated heterocycles. The summed E-state index contributed by atoms with van der Waals surface area (Å²) >= 11 is 0. The van der Waals surface area contributed by atoms with Gasteiger partial charge in [0.25, 0.3) is 11.8 Å². The summed E-state index contributed by atoms with van der Waals surface area (Å²) in [5.74, 6) is 1.46. The van der Waals surface area contributed by atoms with Crippen molar-refractivity contribution in [2.75, 3.05) is 13.1 Å². The van der Waals surface area contributed by atoms with Gasteiger partial charge in [0, 0.05) is 18.7 Å². The molecule has 5 heteroatoms. The summed E-state index contributed by atoms with van der Waals surface area (Å²) in [7, 11) is 0. The summed E-state index contributed by atoms with van der Waals surface area (Å²) in [6.45, 7) is 3.79. The second-order valence-corrected chi connectivity index (χ2v) is 6.83. The zero-order valence-electron chi connectivity index (χ0n) is 14.8. The number of hydrogen-bond donors (Lipinski definition) is 0. The Bertz CT molecular complexity index is 904. The number of benzene rings is 2. The number of piperidine rings is 1. The Balaban J connectivity index is 1.66. The quantitative estimate of drug-likeness (QED) is 0.710. The molecular weight excluding hydrogens is 326 g/mol. The molecule has 0 spiro atoms. The van der Waals surface area contributed by atoms with Crippen LogP contribution in [-0.2, 0) is 0 Å². The number of aromatic nitrogens is 2. The molecule has 1 atom stereocenters. The Morgan fingerprint density at radius 3 is 2.69 bits per heavy atom. The Kier molecular flexibility index (Phi) is 4.52. The van der Waals surface area contributed by atoms with Gasteiger partial charge in [-0.2, -0.15) is 4.98 Å². The lowest BCUT2D eigenvalue weighted by Gasteiger charge is -2.31. The maximum atomic E-state index is 13.1. The highest BCUT2D eigenvalue weighted by molar-refractivity contribution is 6.00. The molecule has 2 aromatic carbocycles. The molecule has 1 aliphatic rings. The average Bonchev–Trinajstić information content (AvgIpc) is 3.18. The maximum absolute atomic E-state index is 13.1. The van der Waals surface area contributed by atoms with Crippen LogP contribution < -0.4 is 0 Å². The first-order valence-corrected chi connectivity index (χ1v) is 9.00. The number of carbonyl (C=O) groups excluding carboxylic acids is 1. The monoisotopic (exact) mass is 347 g/mol. The van der Waals surface area contributed by atoms with Crippen molar-refractivity contribution in [1.29, 1.82) is 0 Å². The molecule has 4 rings (SSSR count). The number of likely N-dealkylation sites (tertiary alicyclic amines) is 1. The van der Waals surface area contributed by atoms with E-state index in [1.807, 2.05) is 59.5 Å². The van der Waals surface area contributed by atoms with E-state index < -0.39 is 0 Å². The fourth-order valence-corrected chi connectivity index (χ4v) is 3.44. The molecule has 3 aromatic rings. The van der Waals surface area contributed by atoms with Crippen molar-refractivity contribution in [1.82, 2.24) is 15.0 Å². The largest absolute Gasteiger partial charge is 0.338 e. The lowest BCUT2D eigenvalue weighted by Crippen LogP contribution is -2.39. The third-order valence-corrected chi connectivity index (χ3v) is 4.79. The van der Waals surface area contributed by atoms with Crippen LogP contribution >= 0.6 is 0 Å². The second-order valence-electron chi connectivity index (χ2n) is 6.83. The second kappa shape index (κ2) is 7.12. The van der Waals surface area contributed by atoms with Gasteiger partial charge in [-0.1, -0.05) is 54.5 Å². The molecule has 1 fully saturated rings. The van der Waals surface area contributed by atoms with Gasteiger partial charge in [-0.05, 0) is 30.9 Å². The number of carbonyl (C=O) groups is 1. The summed E-state index contributed by atoms with van der Waals surface area (Å²) in [5, 5.41) is 4.08. The zero-order valence-corrected chi connectivity index (χ0v) is 14.8. The van der Waals surface area contributed by atoms with E-state index in [0.717, 1.165) is 25.1 Å². The van der Waals surface area contributed by atoms with Crippen LogP contribution in [0.1, 0.15) is 30.1 Å². The van der Waals surface area contributed by atoms with Gasteiger partial charge in [0.2, 0.25) is 5.82 Å². The van der Waals surface area contributed by atoms with Crippen LogP contribution in [0, 0.1) is 5.92 Å². The molecule has 0 aliphatic carbocycles. The smallest absolute Gasteiger partial charge is 0.259 e. The topological polar surface area (TPSA) is 59.2 Å². The van der Waals surface area contributed by atoms with E-state index in [-0.39, 0.29) is 5.91 Å². The zero-order chi connectivity index (χ0) is 17.9. The minimum atomic E-state index is 0.0339. The van der Waals surface area contributed by atoms with Gasteiger partial charge in [-0.15, -0.1) is 0 Å². The minimum Gasteiger partial charge on any atom is -0.338 e. The number of hydrogen-bond acceptors (Lipinski definition) is 4. The van der Waals surface area contributed by atoms with Gasteiger partial charge >= 0.3 is 0 Å². The van der Waals surface area contributed by atoms with Crippen LogP contribution in [-0.4, -0.2) is 34.0 Å². The first-order valence-electron chi connectivity index (χ1n) is 9.00. The van der Waals surface area contributed by atoms with Crippen LogP contribution in [0.2, 0.25) is 0 Å². The lowest BCUT2D eigenvalue weighted by molar-refractivity contribution is 0.0683. The fourth-order valence-electron chi connectivity index (χ4n) is 3.44. The summed E-state index contributed by atoms with van der Waals surface area (Å²) < 4.78 is 5.47. The van der Waals surface area contributed by atoms with Crippen LogP contribution in [0.4, 0.5) is 0 Å². The van der Waals surface area contributed by atoms with Crippen LogP contribution in [0.25, 0.3) is 22.8 Å². The molecule has 1 amide bonds. The summed E-state index contributed by atoms with van der Waals surface area (Å²) in [5.41, 5.74) is 2.19. The molecule has 0 bridgehead atoms. The molecular formula is C21H21N3O2. The molecule has 26 heavy (non-hydrogen) atoms. The van der Waals surface area contributed by atoms with E-state index in [9.17, 15) is 4.79 Å². The molecule has 0 unspecified atom stereocenters. The van der Waals surface area contributed by atoms with E-state index in [1.54, 1.807) is 0 Å². The van der Waals surface area contributed by atoms with Gasteiger partial charge in [0.1, 0.15) is 0 Å². The fraction of sp³-hybridized carbons (Fsp3) is 0.286. The number of rotatable bonds is 3. The Labute approximate surface area is 152 Å². The Hall–Kier alpha value is -2.95. The van der Waals surface area contributed by atoms with Crippen molar-refractivity contribution >= 4 is 5.91 Å². The van der Waals surface area contributed by atoms with E-state index >= 15 is 0 Å². The standard InChI is InChI=1S/C21H21N3O2/c1-15-8-7-13-24(14-15)21(25)18-12-6-5-11-17(18)20-22-19(23-26-20)16-9-3-2-4-10-16/h2-6,9-12,15H,7-8,13-14H2,1H3/t15-/m1/s1. The van der Waals surface area contributed by atoms with Crippen molar-refractivity contribution in [2.24, 2.45) is 5.92 Å². The van der Waals surface area contributed by atoms with Gasteiger partial charge in [0.05, 0.1) is 11.1 Å². The SMILES string of the molecule is C[C@@H]1CCCN(C(=O)c2ccccc2-c2nc(-c3ccccc3)no2)C1.